The van der Waals surface area contributed by atoms with Gasteiger partial charge in [-0.05, 0) is 85.9 Å². The van der Waals surface area contributed by atoms with E-state index in [9.17, 15) is 0 Å². The summed E-state index contributed by atoms with van der Waals surface area (Å²) in [6.07, 6.45) is 2.42. The minimum Gasteiger partial charge on any atom is -0.492 e. The van der Waals surface area contributed by atoms with Crippen molar-refractivity contribution in [2.24, 2.45) is 0 Å². The molecule has 2 heterocycles. The van der Waals surface area contributed by atoms with Crippen LogP contribution in [0.2, 0.25) is 0 Å². The van der Waals surface area contributed by atoms with Crippen LogP contribution in [0.25, 0.3) is 10.2 Å². The third-order valence-electron chi connectivity index (χ3n) is 5.91. The van der Waals surface area contributed by atoms with Crippen molar-refractivity contribution in [2.45, 2.75) is 18.8 Å². The van der Waals surface area contributed by atoms with E-state index in [-0.39, 0.29) is 0 Å². The van der Waals surface area contributed by atoms with E-state index in [0.717, 1.165) is 45.8 Å². The number of hydrogen-bond donors (Lipinski definition) is 0. The number of fused-ring (bicyclic) bond motifs is 1. The molecule has 0 N–H and O–H groups in total. The number of thiazole rings is 1. The van der Waals surface area contributed by atoms with Crippen molar-refractivity contribution in [3.63, 3.8) is 0 Å². The number of para-hydroxylation sites is 1. The van der Waals surface area contributed by atoms with Gasteiger partial charge < -0.3 is 9.47 Å². The number of likely N-dealkylation sites (tertiary alicyclic amines) is 1. The normalized spacial score (nSPS) is 15.2. The Balaban J connectivity index is 1.06. The zero-order chi connectivity index (χ0) is 21.8. The molecule has 3 aromatic carbocycles. The minimum atomic E-state index is 0.659. The summed E-state index contributed by atoms with van der Waals surface area (Å²) < 4.78 is 14.2. The SMILES string of the molecule is Brc1ccc(C2CCN(CCOc3ccc(Oc4nc5ccccc5s4)cc3)CC2)cc1. The zero-order valence-corrected chi connectivity index (χ0v) is 20.1. The van der Waals surface area contributed by atoms with Crippen molar-refractivity contribution in [3.05, 3.63) is 82.8 Å². The van der Waals surface area contributed by atoms with E-state index >= 15 is 0 Å². The Morgan fingerprint density at radius 1 is 0.906 bits per heavy atom. The predicted molar refractivity (Wildman–Crippen MR) is 134 cm³/mol. The maximum Gasteiger partial charge on any atom is 0.279 e. The number of nitrogens with zero attached hydrogens (tertiary/aromatic N) is 2. The Hall–Kier alpha value is -2.41. The molecule has 0 amide bonds. The largest absolute Gasteiger partial charge is 0.492 e. The second-order valence-electron chi connectivity index (χ2n) is 8.04. The van der Waals surface area contributed by atoms with E-state index in [0.29, 0.717) is 17.7 Å². The second-order valence-corrected chi connectivity index (χ2v) is 9.95. The molecule has 0 atom stereocenters. The molecule has 4 aromatic rings. The standard InChI is InChI=1S/C26H25BrN2O2S/c27-21-7-5-19(6-8-21)20-13-15-29(16-14-20)17-18-30-22-9-11-23(12-10-22)31-26-28-24-3-1-2-4-25(24)32-26/h1-12,20H,13-18H2. The van der Waals surface area contributed by atoms with Crippen molar-refractivity contribution in [3.8, 4) is 16.7 Å². The summed E-state index contributed by atoms with van der Waals surface area (Å²) in [5.41, 5.74) is 2.42. The van der Waals surface area contributed by atoms with Crippen molar-refractivity contribution in [1.82, 2.24) is 9.88 Å². The van der Waals surface area contributed by atoms with E-state index in [1.54, 1.807) is 11.3 Å². The third-order valence-corrected chi connectivity index (χ3v) is 7.35. The third kappa shape index (κ3) is 5.31. The Morgan fingerprint density at radius 3 is 2.38 bits per heavy atom. The van der Waals surface area contributed by atoms with Crippen molar-refractivity contribution in [1.29, 1.82) is 0 Å². The van der Waals surface area contributed by atoms with Crippen LogP contribution < -0.4 is 9.47 Å². The average Bonchev–Trinajstić information content (AvgIpc) is 3.24. The van der Waals surface area contributed by atoms with E-state index in [1.807, 2.05) is 42.5 Å². The molecular formula is C26H25BrN2O2S. The summed E-state index contributed by atoms with van der Waals surface area (Å²) in [4.78, 5) is 7.02. The molecule has 4 nitrogen and oxygen atoms in total. The molecule has 0 spiro atoms. The summed E-state index contributed by atoms with van der Waals surface area (Å²) in [5.74, 6) is 2.31. The number of rotatable bonds is 7. The fourth-order valence-electron chi connectivity index (χ4n) is 4.12. The number of piperidine rings is 1. The molecule has 0 radical (unpaired) electrons. The van der Waals surface area contributed by atoms with Crippen LogP contribution in [-0.4, -0.2) is 36.1 Å². The van der Waals surface area contributed by atoms with Crippen LogP contribution in [0.1, 0.15) is 24.3 Å². The molecule has 0 bridgehead atoms. The molecule has 5 rings (SSSR count). The summed E-state index contributed by atoms with van der Waals surface area (Å²) in [6, 6.07) is 24.6. The van der Waals surface area contributed by atoms with Crippen molar-refractivity contribution < 1.29 is 9.47 Å². The van der Waals surface area contributed by atoms with E-state index in [1.165, 1.54) is 18.4 Å². The maximum atomic E-state index is 5.97. The van der Waals surface area contributed by atoms with Gasteiger partial charge in [-0.1, -0.05) is 51.5 Å². The summed E-state index contributed by atoms with van der Waals surface area (Å²) in [6.45, 7) is 3.90. The van der Waals surface area contributed by atoms with Gasteiger partial charge in [0.1, 0.15) is 18.1 Å². The number of halogens is 1. The minimum absolute atomic E-state index is 0.659. The Kier molecular flexibility index (Phi) is 6.72. The number of aromatic nitrogens is 1. The molecule has 32 heavy (non-hydrogen) atoms. The lowest BCUT2D eigenvalue weighted by molar-refractivity contribution is 0.173. The van der Waals surface area contributed by atoms with Crippen LogP contribution in [0.4, 0.5) is 0 Å². The molecular weight excluding hydrogens is 484 g/mol. The smallest absolute Gasteiger partial charge is 0.279 e. The number of ether oxygens (including phenoxy) is 2. The molecule has 0 aliphatic carbocycles. The van der Waals surface area contributed by atoms with Gasteiger partial charge in [-0.15, -0.1) is 0 Å². The van der Waals surface area contributed by atoms with E-state index < -0.39 is 0 Å². The quantitative estimate of drug-likeness (QED) is 0.266. The lowest BCUT2D eigenvalue weighted by atomic mass is 9.89. The maximum absolute atomic E-state index is 5.97. The van der Waals surface area contributed by atoms with Crippen LogP contribution in [0.3, 0.4) is 0 Å². The van der Waals surface area contributed by atoms with Crippen LogP contribution in [0, 0.1) is 0 Å². The van der Waals surface area contributed by atoms with Crippen LogP contribution in [-0.2, 0) is 0 Å². The van der Waals surface area contributed by atoms with Crippen molar-refractivity contribution in [2.75, 3.05) is 26.2 Å². The highest BCUT2D eigenvalue weighted by Gasteiger charge is 2.20. The van der Waals surface area contributed by atoms with Crippen LogP contribution in [0.15, 0.2) is 77.3 Å². The van der Waals surface area contributed by atoms with Gasteiger partial charge in [-0.25, -0.2) is 4.98 Å². The van der Waals surface area contributed by atoms with Gasteiger partial charge in [0.05, 0.1) is 10.2 Å². The first-order valence-corrected chi connectivity index (χ1v) is 12.6. The zero-order valence-electron chi connectivity index (χ0n) is 17.7. The lowest BCUT2D eigenvalue weighted by Crippen LogP contribution is -2.35. The second kappa shape index (κ2) is 10.0. The number of benzene rings is 3. The molecule has 164 valence electrons. The van der Waals surface area contributed by atoms with Crippen LogP contribution >= 0.6 is 27.3 Å². The summed E-state index contributed by atoms with van der Waals surface area (Å²) in [5, 5.41) is 0.659. The average molecular weight is 509 g/mol. The Morgan fingerprint density at radius 2 is 1.62 bits per heavy atom. The number of hydrogen-bond acceptors (Lipinski definition) is 5. The molecule has 1 aromatic heterocycles. The Bertz CT molecular complexity index is 1120. The lowest BCUT2D eigenvalue weighted by Gasteiger charge is -2.32. The highest BCUT2D eigenvalue weighted by Crippen LogP contribution is 2.32. The first-order valence-electron chi connectivity index (χ1n) is 11.0. The fraction of sp³-hybridized carbons (Fsp3) is 0.269. The van der Waals surface area contributed by atoms with Gasteiger partial charge in [-0.3, -0.25) is 4.90 Å². The molecule has 1 aliphatic heterocycles. The summed E-state index contributed by atoms with van der Waals surface area (Å²) in [7, 11) is 0. The van der Waals surface area contributed by atoms with E-state index in [2.05, 4.69) is 56.1 Å². The van der Waals surface area contributed by atoms with E-state index in [4.69, 9.17) is 9.47 Å². The van der Waals surface area contributed by atoms with Crippen molar-refractivity contribution >= 4 is 37.5 Å². The Labute approximate surface area is 200 Å². The summed E-state index contributed by atoms with van der Waals surface area (Å²) >= 11 is 5.07. The predicted octanol–water partition coefficient (Wildman–Crippen LogP) is 7.11. The molecule has 1 aliphatic rings. The van der Waals surface area contributed by atoms with Gasteiger partial charge in [0, 0.05) is 11.0 Å². The molecule has 0 unspecified atom stereocenters. The monoisotopic (exact) mass is 508 g/mol. The molecule has 6 heteroatoms. The van der Waals surface area contributed by atoms with Gasteiger partial charge in [-0.2, -0.15) is 0 Å². The van der Waals surface area contributed by atoms with Gasteiger partial charge in [0.25, 0.3) is 5.19 Å². The van der Waals surface area contributed by atoms with Gasteiger partial charge in [0.2, 0.25) is 0 Å². The molecule has 1 fully saturated rings. The fourth-order valence-corrected chi connectivity index (χ4v) is 5.22. The first-order chi connectivity index (χ1) is 15.7. The van der Waals surface area contributed by atoms with Gasteiger partial charge in [0.15, 0.2) is 0 Å². The highest BCUT2D eigenvalue weighted by atomic mass is 79.9. The van der Waals surface area contributed by atoms with Gasteiger partial charge >= 0.3 is 0 Å². The molecule has 0 saturated carbocycles. The first kappa shape index (κ1) is 21.4. The van der Waals surface area contributed by atoms with Crippen LogP contribution in [0.5, 0.6) is 16.7 Å². The highest BCUT2D eigenvalue weighted by molar-refractivity contribution is 9.10. The molecule has 1 saturated heterocycles. The topological polar surface area (TPSA) is 34.6 Å².